The largest absolute Gasteiger partial charge is 0.350 e. The molecule has 9 heteroatoms. The summed E-state index contributed by atoms with van der Waals surface area (Å²) in [5.74, 6) is -0.466. The minimum absolute atomic E-state index is 0.0334. The Morgan fingerprint density at radius 2 is 2.03 bits per heavy atom. The Labute approximate surface area is 175 Å². The van der Waals surface area contributed by atoms with Crippen LogP contribution in [0.4, 0.5) is 10.1 Å². The van der Waals surface area contributed by atoms with Gasteiger partial charge in [0.1, 0.15) is 17.6 Å². The van der Waals surface area contributed by atoms with E-state index in [9.17, 15) is 14.0 Å². The Balaban J connectivity index is 1.50. The van der Waals surface area contributed by atoms with Crippen molar-refractivity contribution >= 4 is 40.9 Å². The van der Waals surface area contributed by atoms with Gasteiger partial charge in [0.2, 0.25) is 11.7 Å². The zero-order chi connectivity index (χ0) is 20.4. The predicted molar refractivity (Wildman–Crippen MR) is 109 cm³/mol. The molecule has 2 aromatic carbocycles. The number of benzene rings is 2. The lowest BCUT2D eigenvalue weighted by atomic mass is 10.1. The van der Waals surface area contributed by atoms with Crippen molar-refractivity contribution in [1.29, 1.82) is 0 Å². The number of amides is 2. The third-order valence-electron chi connectivity index (χ3n) is 4.38. The van der Waals surface area contributed by atoms with Gasteiger partial charge in [0.25, 0.3) is 5.91 Å². The molecular formula is C20H15ClFN3O3S. The Bertz CT molecular complexity index is 1070. The molecule has 6 nitrogen and oxygen atoms in total. The number of halogens is 2. The fraction of sp³-hybridized carbons (Fsp3) is 0.150. The fourth-order valence-electron chi connectivity index (χ4n) is 2.95. The molecule has 1 fully saturated rings. The molecule has 1 aromatic heterocycles. The van der Waals surface area contributed by atoms with Crippen LogP contribution in [0.3, 0.4) is 0 Å². The van der Waals surface area contributed by atoms with Crippen molar-refractivity contribution in [2.75, 3.05) is 16.9 Å². The van der Waals surface area contributed by atoms with E-state index < -0.39 is 17.8 Å². The molecule has 1 unspecified atom stereocenters. The van der Waals surface area contributed by atoms with E-state index >= 15 is 0 Å². The van der Waals surface area contributed by atoms with Gasteiger partial charge in [0, 0.05) is 28.1 Å². The Morgan fingerprint density at radius 3 is 2.83 bits per heavy atom. The second-order valence-electron chi connectivity index (χ2n) is 6.38. The maximum absolute atomic E-state index is 13.3. The van der Waals surface area contributed by atoms with Crippen LogP contribution in [0.2, 0.25) is 5.02 Å². The number of thioether (sulfide) groups is 1. The summed E-state index contributed by atoms with van der Waals surface area (Å²) in [4.78, 5) is 26.9. The summed E-state index contributed by atoms with van der Waals surface area (Å²) in [6.07, 6.45) is 0. The number of aromatic nitrogens is 1. The monoisotopic (exact) mass is 431 g/mol. The Kier molecular flexibility index (Phi) is 5.55. The molecule has 4 rings (SSSR count). The number of rotatable bonds is 4. The summed E-state index contributed by atoms with van der Waals surface area (Å²) in [5, 5.41) is 7.13. The standard InChI is InChI=1S/C20H15ClFN3O3S/c21-13-4-1-3-12(7-13)16-9-18(28-24-16)20(27)25-11-29-10-17(25)19(26)23-15-6-2-5-14(22)8-15/h1-9,17H,10-11H2,(H,23,26). The lowest BCUT2D eigenvalue weighted by molar-refractivity contribution is -0.119. The average Bonchev–Trinajstić information content (AvgIpc) is 3.37. The molecule has 2 amide bonds. The number of nitrogens with one attached hydrogen (secondary N) is 1. The summed E-state index contributed by atoms with van der Waals surface area (Å²) >= 11 is 7.44. The number of anilines is 1. The third kappa shape index (κ3) is 4.28. The lowest BCUT2D eigenvalue weighted by Crippen LogP contribution is -2.44. The molecule has 0 bridgehead atoms. The Morgan fingerprint density at radius 1 is 1.21 bits per heavy atom. The van der Waals surface area contributed by atoms with Gasteiger partial charge < -0.3 is 14.7 Å². The average molecular weight is 432 g/mol. The number of hydrogen-bond acceptors (Lipinski definition) is 5. The van der Waals surface area contributed by atoms with Crippen LogP contribution in [-0.2, 0) is 4.79 Å². The number of carbonyl (C=O) groups excluding carboxylic acids is 2. The molecule has 1 saturated heterocycles. The highest BCUT2D eigenvalue weighted by atomic mass is 35.5. The lowest BCUT2D eigenvalue weighted by Gasteiger charge is -2.21. The van der Waals surface area contributed by atoms with Crippen molar-refractivity contribution < 1.29 is 18.5 Å². The van der Waals surface area contributed by atoms with Crippen LogP contribution in [0.25, 0.3) is 11.3 Å². The van der Waals surface area contributed by atoms with Gasteiger partial charge in [-0.3, -0.25) is 9.59 Å². The first-order valence-electron chi connectivity index (χ1n) is 8.69. The summed E-state index contributed by atoms with van der Waals surface area (Å²) < 4.78 is 18.6. The van der Waals surface area contributed by atoms with Crippen LogP contribution in [0.5, 0.6) is 0 Å². The SMILES string of the molecule is O=C(Nc1cccc(F)c1)C1CSCN1C(=O)c1cc(-c2cccc(Cl)c2)no1. The van der Waals surface area contributed by atoms with E-state index in [1.807, 2.05) is 0 Å². The van der Waals surface area contributed by atoms with E-state index in [2.05, 4.69) is 10.5 Å². The van der Waals surface area contributed by atoms with Gasteiger partial charge in [-0.25, -0.2) is 4.39 Å². The molecule has 1 aliphatic rings. The highest BCUT2D eigenvalue weighted by molar-refractivity contribution is 7.99. The van der Waals surface area contributed by atoms with Gasteiger partial charge in [-0.2, -0.15) is 0 Å². The number of hydrogen-bond donors (Lipinski definition) is 1. The van der Waals surface area contributed by atoms with Gasteiger partial charge in [0.05, 0.1) is 5.88 Å². The van der Waals surface area contributed by atoms with E-state index in [4.69, 9.17) is 16.1 Å². The second-order valence-corrected chi connectivity index (χ2v) is 7.81. The molecule has 3 aromatic rings. The van der Waals surface area contributed by atoms with Crippen molar-refractivity contribution in [3.63, 3.8) is 0 Å². The normalized spacial score (nSPS) is 16.1. The highest BCUT2D eigenvalue weighted by Gasteiger charge is 2.36. The van der Waals surface area contributed by atoms with Crippen LogP contribution in [0.1, 0.15) is 10.6 Å². The van der Waals surface area contributed by atoms with Gasteiger partial charge in [-0.15, -0.1) is 11.8 Å². The Hall–Kier alpha value is -2.84. The minimum atomic E-state index is -0.699. The summed E-state index contributed by atoms with van der Waals surface area (Å²) in [6, 6.07) is 13.5. The van der Waals surface area contributed by atoms with Gasteiger partial charge >= 0.3 is 0 Å². The fourth-order valence-corrected chi connectivity index (χ4v) is 4.30. The smallest absolute Gasteiger partial charge is 0.293 e. The molecule has 0 radical (unpaired) electrons. The maximum Gasteiger partial charge on any atom is 0.293 e. The molecule has 0 saturated carbocycles. The van der Waals surface area contributed by atoms with Crippen LogP contribution in [0.15, 0.2) is 59.1 Å². The molecule has 29 heavy (non-hydrogen) atoms. The third-order valence-corrected chi connectivity index (χ3v) is 5.63. The summed E-state index contributed by atoms with van der Waals surface area (Å²) in [6.45, 7) is 0. The van der Waals surface area contributed by atoms with E-state index in [1.54, 1.807) is 30.3 Å². The molecule has 0 spiro atoms. The van der Waals surface area contributed by atoms with Gasteiger partial charge in [0.15, 0.2) is 0 Å². The molecular weight excluding hydrogens is 417 g/mol. The highest BCUT2D eigenvalue weighted by Crippen LogP contribution is 2.27. The predicted octanol–water partition coefficient (Wildman–Crippen LogP) is 4.29. The van der Waals surface area contributed by atoms with Crippen molar-refractivity contribution in [2.24, 2.45) is 0 Å². The zero-order valence-corrected chi connectivity index (χ0v) is 16.5. The first-order chi connectivity index (χ1) is 14.0. The van der Waals surface area contributed by atoms with Crippen LogP contribution in [-0.4, -0.2) is 39.5 Å². The van der Waals surface area contributed by atoms with E-state index in [-0.39, 0.29) is 11.7 Å². The van der Waals surface area contributed by atoms with Gasteiger partial charge in [-0.05, 0) is 30.3 Å². The molecule has 1 atom stereocenters. The van der Waals surface area contributed by atoms with Gasteiger partial charge in [-0.1, -0.05) is 35.0 Å². The quantitative estimate of drug-likeness (QED) is 0.667. The number of nitrogens with zero attached hydrogens (tertiary/aromatic N) is 2. The summed E-state index contributed by atoms with van der Waals surface area (Å²) in [7, 11) is 0. The van der Waals surface area contributed by atoms with E-state index in [0.717, 1.165) is 5.56 Å². The molecule has 1 aliphatic heterocycles. The van der Waals surface area contributed by atoms with Crippen LogP contribution < -0.4 is 5.32 Å². The first kappa shape index (κ1) is 19.5. The number of carbonyl (C=O) groups is 2. The molecule has 0 aliphatic carbocycles. The van der Waals surface area contributed by atoms with Crippen molar-refractivity contribution in [1.82, 2.24) is 10.1 Å². The van der Waals surface area contributed by atoms with E-state index in [1.165, 1.54) is 40.9 Å². The molecule has 2 heterocycles. The first-order valence-corrected chi connectivity index (χ1v) is 10.2. The van der Waals surface area contributed by atoms with Crippen molar-refractivity contribution in [3.05, 3.63) is 71.2 Å². The topological polar surface area (TPSA) is 75.4 Å². The van der Waals surface area contributed by atoms with Crippen LogP contribution in [0, 0.1) is 5.82 Å². The minimum Gasteiger partial charge on any atom is -0.350 e. The van der Waals surface area contributed by atoms with Crippen LogP contribution >= 0.6 is 23.4 Å². The zero-order valence-electron chi connectivity index (χ0n) is 15.0. The van der Waals surface area contributed by atoms with E-state index in [0.29, 0.717) is 28.0 Å². The molecule has 148 valence electrons. The maximum atomic E-state index is 13.3. The van der Waals surface area contributed by atoms with Crippen molar-refractivity contribution in [2.45, 2.75) is 6.04 Å². The summed E-state index contributed by atoms with van der Waals surface area (Å²) in [5.41, 5.74) is 1.53. The van der Waals surface area contributed by atoms with Crippen molar-refractivity contribution in [3.8, 4) is 11.3 Å². The molecule has 1 N–H and O–H groups in total. The second kappa shape index (κ2) is 8.26.